The lowest BCUT2D eigenvalue weighted by molar-refractivity contribution is -0.130. The zero-order valence-corrected chi connectivity index (χ0v) is 9.91. The fraction of sp³-hybridized carbons (Fsp3) is 0.818. The van der Waals surface area contributed by atoms with E-state index in [1.165, 1.54) is 0 Å². The number of carbonyl (C=O) groups excluding carboxylic acids is 2. The molecule has 0 unspecified atom stereocenters. The maximum absolute atomic E-state index is 11.5. The lowest BCUT2D eigenvalue weighted by Crippen LogP contribution is -2.40. The molecular formula is C11H20N2O3. The van der Waals surface area contributed by atoms with Gasteiger partial charge in [0.1, 0.15) is 6.10 Å². The van der Waals surface area contributed by atoms with Gasteiger partial charge in [-0.05, 0) is 12.8 Å². The van der Waals surface area contributed by atoms with Crippen LogP contribution in [0.1, 0.15) is 26.7 Å². The Morgan fingerprint density at radius 1 is 1.31 bits per heavy atom. The van der Waals surface area contributed by atoms with Crippen molar-refractivity contribution < 1.29 is 14.3 Å². The average molecular weight is 228 g/mol. The van der Waals surface area contributed by atoms with E-state index in [9.17, 15) is 9.59 Å². The number of ether oxygens (including phenoxy) is 1. The molecule has 0 aromatic carbocycles. The van der Waals surface area contributed by atoms with Crippen molar-refractivity contribution in [2.75, 3.05) is 19.7 Å². The highest BCUT2D eigenvalue weighted by Gasteiger charge is 2.22. The summed E-state index contributed by atoms with van der Waals surface area (Å²) in [5.74, 6) is -0.0865. The zero-order chi connectivity index (χ0) is 12.0. The Hall–Kier alpha value is -1.10. The van der Waals surface area contributed by atoms with Crippen molar-refractivity contribution in [1.29, 1.82) is 0 Å². The van der Waals surface area contributed by atoms with Crippen LogP contribution in [0.3, 0.4) is 0 Å². The molecule has 16 heavy (non-hydrogen) atoms. The van der Waals surface area contributed by atoms with Gasteiger partial charge in [0.05, 0.1) is 0 Å². The molecule has 0 bridgehead atoms. The van der Waals surface area contributed by atoms with Crippen LogP contribution in [0.2, 0.25) is 0 Å². The molecule has 5 nitrogen and oxygen atoms in total. The van der Waals surface area contributed by atoms with Gasteiger partial charge >= 0.3 is 0 Å². The van der Waals surface area contributed by atoms with E-state index < -0.39 is 0 Å². The van der Waals surface area contributed by atoms with Crippen molar-refractivity contribution in [3.8, 4) is 0 Å². The molecule has 1 atom stereocenters. The zero-order valence-electron chi connectivity index (χ0n) is 9.91. The Balaban J connectivity index is 2.06. The lowest BCUT2D eigenvalue weighted by Gasteiger charge is -2.11. The summed E-state index contributed by atoms with van der Waals surface area (Å²) in [6, 6.07) is 0. The maximum atomic E-state index is 11.5. The summed E-state index contributed by atoms with van der Waals surface area (Å²) in [5, 5.41) is 5.47. The number of hydrogen-bond donors (Lipinski definition) is 2. The largest absolute Gasteiger partial charge is 0.368 e. The molecule has 1 aliphatic heterocycles. The van der Waals surface area contributed by atoms with Crippen molar-refractivity contribution in [1.82, 2.24) is 10.6 Å². The average Bonchev–Trinajstić information content (AvgIpc) is 2.76. The molecule has 2 N–H and O–H groups in total. The van der Waals surface area contributed by atoms with Gasteiger partial charge in [-0.25, -0.2) is 0 Å². The Morgan fingerprint density at radius 3 is 2.56 bits per heavy atom. The Kier molecular flexibility index (Phi) is 5.25. The highest BCUT2D eigenvalue weighted by Crippen LogP contribution is 2.11. The molecule has 1 heterocycles. The third-order valence-electron chi connectivity index (χ3n) is 2.47. The van der Waals surface area contributed by atoms with Crippen LogP contribution < -0.4 is 10.6 Å². The minimum Gasteiger partial charge on any atom is -0.368 e. The summed E-state index contributed by atoms with van der Waals surface area (Å²) < 4.78 is 5.23. The highest BCUT2D eigenvalue weighted by molar-refractivity contribution is 5.81. The predicted octanol–water partition coefficient (Wildman–Crippen LogP) is 0.0538. The van der Waals surface area contributed by atoms with E-state index >= 15 is 0 Å². The van der Waals surface area contributed by atoms with Crippen LogP contribution in [0.25, 0.3) is 0 Å². The fourth-order valence-electron chi connectivity index (χ4n) is 1.47. The normalized spacial score (nSPS) is 19.8. The monoisotopic (exact) mass is 228 g/mol. The van der Waals surface area contributed by atoms with Crippen molar-refractivity contribution in [2.24, 2.45) is 5.92 Å². The second-order valence-electron chi connectivity index (χ2n) is 4.24. The molecule has 1 rings (SSSR count). The van der Waals surface area contributed by atoms with E-state index in [2.05, 4.69) is 10.6 Å². The summed E-state index contributed by atoms with van der Waals surface area (Å²) in [7, 11) is 0. The van der Waals surface area contributed by atoms with Crippen molar-refractivity contribution >= 4 is 11.8 Å². The molecule has 5 heteroatoms. The van der Waals surface area contributed by atoms with Gasteiger partial charge in [0, 0.05) is 25.6 Å². The summed E-state index contributed by atoms with van der Waals surface area (Å²) >= 11 is 0. The molecule has 1 saturated heterocycles. The van der Waals surface area contributed by atoms with E-state index in [0.29, 0.717) is 19.7 Å². The number of amides is 2. The quantitative estimate of drug-likeness (QED) is 0.654. The molecule has 1 aliphatic rings. The molecule has 0 radical (unpaired) electrons. The number of carbonyl (C=O) groups is 2. The van der Waals surface area contributed by atoms with Gasteiger partial charge in [0.15, 0.2) is 0 Å². The van der Waals surface area contributed by atoms with Crippen LogP contribution in [0.5, 0.6) is 0 Å². The van der Waals surface area contributed by atoms with Gasteiger partial charge in [-0.3, -0.25) is 9.59 Å². The molecule has 0 aliphatic carbocycles. The van der Waals surface area contributed by atoms with Crippen LogP contribution in [0.4, 0.5) is 0 Å². The Morgan fingerprint density at radius 2 is 2.00 bits per heavy atom. The summed E-state index contributed by atoms with van der Waals surface area (Å²) in [6.45, 7) is 5.26. The third kappa shape index (κ3) is 4.18. The van der Waals surface area contributed by atoms with E-state index in [1.807, 2.05) is 13.8 Å². The SMILES string of the molecule is CC(C)C(=O)NCCNC(=O)[C@H]1CCCO1. The van der Waals surface area contributed by atoms with Crippen LogP contribution in [-0.2, 0) is 14.3 Å². The lowest BCUT2D eigenvalue weighted by atomic mass is 10.2. The first kappa shape index (κ1) is 13.0. The van der Waals surface area contributed by atoms with E-state index in [4.69, 9.17) is 4.74 Å². The van der Waals surface area contributed by atoms with E-state index in [0.717, 1.165) is 12.8 Å². The van der Waals surface area contributed by atoms with E-state index in [-0.39, 0.29) is 23.8 Å². The number of nitrogens with one attached hydrogen (secondary N) is 2. The second kappa shape index (κ2) is 6.48. The predicted molar refractivity (Wildman–Crippen MR) is 59.8 cm³/mol. The highest BCUT2D eigenvalue weighted by atomic mass is 16.5. The molecule has 1 fully saturated rings. The summed E-state index contributed by atoms with van der Waals surface area (Å²) in [4.78, 5) is 22.7. The van der Waals surface area contributed by atoms with Gasteiger partial charge < -0.3 is 15.4 Å². The van der Waals surface area contributed by atoms with Crippen LogP contribution in [0, 0.1) is 5.92 Å². The van der Waals surface area contributed by atoms with Crippen molar-refractivity contribution in [2.45, 2.75) is 32.8 Å². The van der Waals surface area contributed by atoms with Gasteiger partial charge in [0.2, 0.25) is 11.8 Å². The van der Waals surface area contributed by atoms with Crippen LogP contribution in [-0.4, -0.2) is 37.6 Å². The van der Waals surface area contributed by atoms with Crippen molar-refractivity contribution in [3.63, 3.8) is 0 Å². The maximum Gasteiger partial charge on any atom is 0.249 e. The summed E-state index contributed by atoms with van der Waals surface area (Å²) in [5.41, 5.74) is 0. The topological polar surface area (TPSA) is 67.4 Å². The van der Waals surface area contributed by atoms with Gasteiger partial charge in [-0.15, -0.1) is 0 Å². The molecule has 0 saturated carbocycles. The number of rotatable bonds is 5. The minimum absolute atomic E-state index is 0.00589. The first-order valence-electron chi connectivity index (χ1n) is 5.78. The molecule has 0 aromatic rings. The number of hydrogen-bond acceptors (Lipinski definition) is 3. The first-order valence-corrected chi connectivity index (χ1v) is 5.78. The van der Waals surface area contributed by atoms with Crippen LogP contribution >= 0.6 is 0 Å². The molecule has 92 valence electrons. The van der Waals surface area contributed by atoms with Gasteiger partial charge in [0.25, 0.3) is 0 Å². The van der Waals surface area contributed by atoms with Crippen molar-refractivity contribution in [3.05, 3.63) is 0 Å². The van der Waals surface area contributed by atoms with Gasteiger partial charge in [-0.1, -0.05) is 13.8 Å². The van der Waals surface area contributed by atoms with Gasteiger partial charge in [-0.2, -0.15) is 0 Å². The van der Waals surface area contributed by atoms with Crippen LogP contribution in [0.15, 0.2) is 0 Å². The standard InChI is InChI=1S/C11H20N2O3/c1-8(2)10(14)12-5-6-13-11(15)9-4-3-7-16-9/h8-9H,3-7H2,1-2H3,(H,12,14)(H,13,15)/t9-/m1/s1. The smallest absolute Gasteiger partial charge is 0.249 e. The third-order valence-corrected chi connectivity index (χ3v) is 2.47. The molecular weight excluding hydrogens is 208 g/mol. The first-order chi connectivity index (χ1) is 7.61. The summed E-state index contributed by atoms with van der Waals surface area (Å²) in [6.07, 6.45) is 1.45. The molecule has 2 amide bonds. The molecule has 0 aromatic heterocycles. The second-order valence-corrected chi connectivity index (χ2v) is 4.24. The van der Waals surface area contributed by atoms with E-state index in [1.54, 1.807) is 0 Å². The fourth-order valence-corrected chi connectivity index (χ4v) is 1.47. The molecule has 0 spiro atoms. The Labute approximate surface area is 95.9 Å². The minimum atomic E-state index is -0.291. The Bertz CT molecular complexity index is 248.